The summed E-state index contributed by atoms with van der Waals surface area (Å²) in [5, 5.41) is 0. The minimum atomic E-state index is -2.90. The maximum absolute atomic E-state index is 2.90. The third kappa shape index (κ3) is 6.93. The zero-order valence-electron chi connectivity index (χ0n) is 32.8. The number of hydrogen-bond donors (Lipinski definition) is 0. The van der Waals surface area contributed by atoms with Crippen molar-refractivity contribution in [2.45, 2.75) is 104 Å². The zero-order valence-corrected chi connectivity index (χ0v) is 36.8. The summed E-state index contributed by atoms with van der Waals surface area (Å²) in [5.41, 5.74) is 14.2. The van der Waals surface area contributed by atoms with Gasteiger partial charge in [0.1, 0.15) is 0 Å². The van der Waals surface area contributed by atoms with Crippen LogP contribution in [0, 0.1) is 29.1 Å². The summed E-state index contributed by atoms with van der Waals surface area (Å²) in [4.78, 5) is 0. The van der Waals surface area contributed by atoms with E-state index in [0.29, 0.717) is 11.3 Å². The third-order valence-corrected chi connectivity index (χ3v) is 21.5. The topological polar surface area (TPSA) is 0 Å². The van der Waals surface area contributed by atoms with Gasteiger partial charge in [-0.1, -0.05) is 0 Å². The van der Waals surface area contributed by atoms with Crippen LogP contribution in [0.1, 0.15) is 120 Å². The average Bonchev–Trinajstić information content (AvgIpc) is 3.67. The van der Waals surface area contributed by atoms with Crippen molar-refractivity contribution in [2.24, 2.45) is 29.1 Å². The van der Waals surface area contributed by atoms with Gasteiger partial charge in [-0.3, -0.25) is 0 Å². The Hall–Kier alpha value is -2.31. The number of allylic oxidation sites excluding steroid dienone is 4. The first-order valence-electron chi connectivity index (χ1n) is 20.0. The Morgan fingerprint density at radius 3 is 1.70 bits per heavy atom. The Labute approximate surface area is 340 Å². The van der Waals surface area contributed by atoms with E-state index in [1.54, 1.807) is 20.9 Å². The molecule has 0 heterocycles. The van der Waals surface area contributed by atoms with Crippen LogP contribution in [0.4, 0.5) is 0 Å². The standard InChI is InChI=1S/C21H25.C16H21.C13H10.2ClH.Zr/c1-20(2,3)16-9-7-14-11-15-8-10-17(21(4,5)6)13-19(15)18(14)12-16;1-11-2-3-15(4-11)16-8-12-5-13(9-16)7-14(6-12)10-16;1-3-7-12(8-4-1)11-13-9-5-2-6-10-13;;;/h7,9-10,12-13H,11H2,1-6H3;3-4,11-14H,5-10H2,1H3;1-10H;2*1H;/q;;;;;+2/p-2. The Morgan fingerprint density at radius 2 is 1.17 bits per heavy atom. The van der Waals surface area contributed by atoms with E-state index in [0.717, 1.165) is 24.2 Å². The molecule has 0 spiro atoms. The van der Waals surface area contributed by atoms with Crippen LogP contribution in [-0.2, 0) is 38.5 Å². The number of halogens is 2. The summed E-state index contributed by atoms with van der Waals surface area (Å²) in [6.07, 6.45) is 15.5. The fraction of sp³-hybridized carbons (Fsp3) is 0.420. The fourth-order valence-corrected chi connectivity index (χ4v) is 19.8. The van der Waals surface area contributed by atoms with Gasteiger partial charge in [0.2, 0.25) is 0 Å². The van der Waals surface area contributed by atoms with E-state index in [4.69, 9.17) is 0 Å². The molecule has 53 heavy (non-hydrogen) atoms. The van der Waals surface area contributed by atoms with Crippen LogP contribution in [0.3, 0.4) is 0 Å². The van der Waals surface area contributed by atoms with Gasteiger partial charge in [-0.25, -0.2) is 0 Å². The van der Waals surface area contributed by atoms with E-state index in [2.05, 4.69) is 152 Å². The predicted molar refractivity (Wildman–Crippen MR) is 214 cm³/mol. The summed E-state index contributed by atoms with van der Waals surface area (Å²) in [7, 11) is 0. The quantitative estimate of drug-likeness (QED) is 0.203. The molecule has 0 saturated heterocycles. The Kier molecular flexibility index (Phi) is 10.5. The van der Waals surface area contributed by atoms with E-state index in [9.17, 15) is 0 Å². The summed E-state index contributed by atoms with van der Waals surface area (Å²) in [6.45, 7) is 16.9. The van der Waals surface area contributed by atoms with Crippen LogP contribution in [-0.4, -0.2) is 3.21 Å². The van der Waals surface area contributed by atoms with Crippen LogP contribution >= 0.6 is 0 Å². The second kappa shape index (κ2) is 14.3. The van der Waals surface area contributed by atoms with Crippen molar-refractivity contribution >= 4 is 6.48 Å². The van der Waals surface area contributed by atoms with Crippen molar-refractivity contribution in [1.29, 1.82) is 0 Å². The van der Waals surface area contributed by atoms with Gasteiger partial charge in [-0.15, -0.1) is 0 Å². The maximum atomic E-state index is 2.86. The predicted octanol–water partition coefficient (Wildman–Crippen LogP) is 6.05. The molecule has 0 amide bonds. The van der Waals surface area contributed by atoms with Gasteiger partial charge in [-0.05, 0) is 0 Å². The van der Waals surface area contributed by atoms with Crippen molar-refractivity contribution in [1.82, 2.24) is 0 Å². The van der Waals surface area contributed by atoms with Gasteiger partial charge in [0, 0.05) is 0 Å². The summed E-state index contributed by atoms with van der Waals surface area (Å²) in [5.74, 6) is 3.36. The molecule has 10 rings (SSSR count). The number of hydrogen-bond acceptors (Lipinski definition) is 0. The second-order valence-corrected chi connectivity index (χ2v) is 25.1. The van der Waals surface area contributed by atoms with Crippen molar-refractivity contribution in [3.63, 3.8) is 0 Å². The molecule has 3 heteroatoms. The fourth-order valence-electron chi connectivity index (χ4n) is 11.3. The van der Waals surface area contributed by atoms with Crippen molar-refractivity contribution in [2.75, 3.05) is 0 Å². The molecule has 4 aromatic carbocycles. The molecule has 6 aliphatic carbocycles. The van der Waals surface area contributed by atoms with Crippen LogP contribution < -0.4 is 28.1 Å². The summed E-state index contributed by atoms with van der Waals surface area (Å²) < 4.78 is 5.16. The van der Waals surface area contributed by atoms with Crippen molar-refractivity contribution < 1.29 is 46.1 Å². The molecule has 1 unspecified atom stereocenters. The molecule has 4 bridgehead atoms. The number of benzene rings is 4. The number of rotatable bonds is 5. The zero-order chi connectivity index (χ0) is 35.3. The normalized spacial score (nSPS) is 24.9. The van der Waals surface area contributed by atoms with Gasteiger partial charge >= 0.3 is 318 Å². The minimum Gasteiger partial charge on any atom is -1.00 e. The minimum absolute atomic E-state index is 0. The van der Waals surface area contributed by atoms with Gasteiger partial charge in [0.15, 0.2) is 0 Å². The molecular weight excluding hydrogens is 763 g/mol. The smallest absolute Gasteiger partial charge is 1.00 e. The molecule has 0 nitrogen and oxygen atoms in total. The van der Waals surface area contributed by atoms with E-state index in [1.165, 1.54) is 77.5 Å². The molecule has 0 radical (unpaired) electrons. The largest absolute Gasteiger partial charge is 1.00 e. The SMILES string of the molecule is CC1C=C(C23CC4CC(CC(C4)C2)C3)C=[C]1[Zr+2](=[C](c1ccccc1)c1ccccc1)[c]1cc(C(C)(C)C)cc2c1Cc1ccc(C(C)(C)C)cc1-2.[Cl-].[Cl-]. The molecule has 0 aliphatic heterocycles. The Morgan fingerprint density at radius 1 is 0.642 bits per heavy atom. The molecule has 0 aromatic heterocycles. The average molecular weight is 819 g/mol. The Balaban J connectivity index is 0.00000218. The summed E-state index contributed by atoms with van der Waals surface area (Å²) >= 11 is -2.90. The molecular formula is C50H56Cl2Zr. The monoisotopic (exact) mass is 816 g/mol. The Bertz CT molecular complexity index is 2040. The van der Waals surface area contributed by atoms with Crippen molar-refractivity contribution in [3.8, 4) is 11.1 Å². The van der Waals surface area contributed by atoms with E-state index < -0.39 is 21.3 Å². The first-order chi connectivity index (χ1) is 24.4. The number of fused-ring (bicyclic) bond motifs is 3. The van der Waals surface area contributed by atoms with Crippen LogP contribution in [0.15, 0.2) is 112 Å². The molecule has 4 fully saturated rings. The first kappa shape index (κ1) is 38.9. The van der Waals surface area contributed by atoms with Gasteiger partial charge in [-0.2, -0.15) is 0 Å². The van der Waals surface area contributed by atoms with Crippen LogP contribution in [0.25, 0.3) is 11.1 Å². The van der Waals surface area contributed by atoms with Crippen molar-refractivity contribution in [3.05, 3.63) is 145 Å². The molecule has 1 atom stereocenters. The second-order valence-electron chi connectivity index (χ2n) is 19.3. The molecule has 6 aliphatic rings. The van der Waals surface area contributed by atoms with Crippen LogP contribution in [0.2, 0.25) is 0 Å². The molecule has 0 N–H and O–H groups in total. The third-order valence-electron chi connectivity index (χ3n) is 13.6. The van der Waals surface area contributed by atoms with Gasteiger partial charge in [0.25, 0.3) is 0 Å². The summed E-state index contributed by atoms with van der Waals surface area (Å²) in [6, 6.07) is 35.8. The van der Waals surface area contributed by atoms with E-state index in [1.807, 2.05) is 0 Å². The maximum Gasteiger partial charge on any atom is -1.00 e. The van der Waals surface area contributed by atoms with Crippen LogP contribution in [0.5, 0.6) is 0 Å². The van der Waals surface area contributed by atoms with Gasteiger partial charge in [0.05, 0.1) is 0 Å². The molecule has 4 aromatic rings. The molecule has 274 valence electrons. The van der Waals surface area contributed by atoms with E-state index >= 15 is 0 Å². The van der Waals surface area contributed by atoms with E-state index in [-0.39, 0.29) is 35.6 Å². The first-order valence-corrected chi connectivity index (χ1v) is 23.7. The van der Waals surface area contributed by atoms with Gasteiger partial charge < -0.3 is 24.8 Å². The molecule has 4 saturated carbocycles.